The van der Waals surface area contributed by atoms with Gasteiger partial charge in [0, 0.05) is 19.5 Å². The molecule has 1 heterocycles. The number of hydrogen-bond acceptors (Lipinski definition) is 2. The monoisotopic (exact) mass is 226 g/mol. The Bertz CT molecular complexity index is 200. The molecule has 0 bridgehead atoms. The van der Waals surface area contributed by atoms with E-state index in [1.54, 1.807) is 0 Å². The van der Waals surface area contributed by atoms with Crippen molar-refractivity contribution in [2.75, 3.05) is 26.2 Å². The molecule has 94 valence electrons. The van der Waals surface area contributed by atoms with Crippen LogP contribution in [0, 0.1) is 5.92 Å². The zero-order valence-electron chi connectivity index (χ0n) is 10.8. The van der Waals surface area contributed by atoms with Gasteiger partial charge in [-0.3, -0.25) is 4.79 Å². The maximum Gasteiger partial charge on any atom is 0.219 e. The van der Waals surface area contributed by atoms with E-state index in [4.69, 9.17) is 0 Å². The Kier molecular flexibility index (Phi) is 6.46. The number of piperidine rings is 1. The number of rotatable bonds is 6. The fourth-order valence-electron chi connectivity index (χ4n) is 2.25. The molecule has 1 atom stereocenters. The first-order chi connectivity index (χ1) is 7.72. The summed E-state index contributed by atoms with van der Waals surface area (Å²) in [6, 6.07) is 0. The zero-order valence-corrected chi connectivity index (χ0v) is 10.8. The summed E-state index contributed by atoms with van der Waals surface area (Å²) in [6.45, 7) is 8.71. The number of carbonyl (C=O) groups is 1. The van der Waals surface area contributed by atoms with E-state index >= 15 is 0 Å². The molecule has 1 fully saturated rings. The minimum Gasteiger partial charge on any atom is -0.356 e. The molecule has 3 heteroatoms. The summed E-state index contributed by atoms with van der Waals surface area (Å²) < 4.78 is 0. The third-order valence-electron chi connectivity index (χ3n) is 3.14. The van der Waals surface area contributed by atoms with Crippen molar-refractivity contribution in [3.63, 3.8) is 0 Å². The highest BCUT2D eigenvalue weighted by Gasteiger charge is 2.13. The van der Waals surface area contributed by atoms with Gasteiger partial charge in [0.25, 0.3) is 0 Å². The van der Waals surface area contributed by atoms with Gasteiger partial charge < -0.3 is 10.2 Å². The average Bonchev–Trinajstić information content (AvgIpc) is 2.28. The highest BCUT2D eigenvalue weighted by Crippen LogP contribution is 2.10. The van der Waals surface area contributed by atoms with Crippen LogP contribution in [-0.2, 0) is 4.79 Å². The highest BCUT2D eigenvalue weighted by molar-refractivity contribution is 5.75. The SMILES string of the molecule is CCCC(=O)NCC(C)CN1CCCCC1. The van der Waals surface area contributed by atoms with Crippen molar-refractivity contribution >= 4 is 5.91 Å². The van der Waals surface area contributed by atoms with Crippen molar-refractivity contribution in [1.29, 1.82) is 0 Å². The van der Waals surface area contributed by atoms with Gasteiger partial charge in [0.1, 0.15) is 0 Å². The summed E-state index contributed by atoms with van der Waals surface area (Å²) in [4.78, 5) is 13.8. The molecule has 0 spiro atoms. The summed E-state index contributed by atoms with van der Waals surface area (Å²) in [6.07, 6.45) is 5.67. The third kappa shape index (κ3) is 5.50. The van der Waals surface area contributed by atoms with Crippen LogP contribution in [0.25, 0.3) is 0 Å². The third-order valence-corrected chi connectivity index (χ3v) is 3.14. The summed E-state index contributed by atoms with van der Waals surface area (Å²) >= 11 is 0. The molecule has 3 nitrogen and oxygen atoms in total. The van der Waals surface area contributed by atoms with Gasteiger partial charge in [0.15, 0.2) is 0 Å². The summed E-state index contributed by atoms with van der Waals surface area (Å²) in [5.41, 5.74) is 0. The quantitative estimate of drug-likeness (QED) is 0.751. The lowest BCUT2D eigenvalue weighted by molar-refractivity contribution is -0.121. The van der Waals surface area contributed by atoms with Gasteiger partial charge in [-0.2, -0.15) is 0 Å². The zero-order chi connectivity index (χ0) is 11.8. The van der Waals surface area contributed by atoms with Gasteiger partial charge in [-0.15, -0.1) is 0 Å². The van der Waals surface area contributed by atoms with Crippen molar-refractivity contribution in [3.05, 3.63) is 0 Å². The van der Waals surface area contributed by atoms with E-state index in [9.17, 15) is 4.79 Å². The second-order valence-corrected chi connectivity index (χ2v) is 5.02. The van der Waals surface area contributed by atoms with Gasteiger partial charge in [0.05, 0.1) is 0 Å². The van der Waals surface area contributed by atoms with E-state index in [-0.39, 0.29) is 5.91 Å². The molecule has 0 radical (unpaired) electrons. The largest absolute Gasteiger partial charge is 0.356 e. The van der Waals surface area contributed by atoms with Crippen molar-refractivity contribution in [2.45, 2.75) is 46.0 Å². The van der Waals surface area contributed by atoms with Crippen LogP contribution in [0.2, 0.25) is 0 Å². The molecule has 16 heavy (non-hydrogen) atoms. The highest BCUT2D eigenvalue weighted by atomic mass is 16.1. The fourth-order valence-corrected chi connectivity index (χ4v) is 2.25. The Labute approximate surface area is 99.6 Å². The molecule has 0 aromatic carbocycles. The molecule has 1 saturated heterocycles. The predicted molar refractivity (Wildman–Crippen MR) is 67.4 cm³/mol. The molecule has 1 amide bonds. The Morgan fingerprint density at radius 1 is 1.31 bits per heavy atom. The molecule has 1 rings (SSSR count). The Hall–Kier alpha value is -0.570. The lowest BCUT2D eigenvalue weighted by Gasteiger charge is -2.29. The molecule has 0 saturated carbocycles. The van der Waals surface area contributed by atoms with Gasteiger partial charge in [0.2, 0.25) is 5.91 Å². The molecular weight excluding hydrogens is 200 g/mol. The lowest BCUT2D eigenvalue weighted by atomic mass is 10.1. The number of nitrogens with zero attached hydrogens (tertiary/aromatic N) is 1. The van der Waals surface area contributed by atoms with Crippen LogP contribution < -0.4 is 5.32 Å². The second kappa shape index (κ2) is 7.66. The first kappa shape index (κ1) is 13.5. The minimum absolute atomic E-state index is 0.202. The normalized spacial score (nSPS) is 19.4. The van der Waals surface area contributed by atoms with Crippen molar-refractivity contribution in [3.8, 4) is 0 Å². The van der Waals surface area contributed by atoms with E-state index in [1.165, 1.54) is 32.4 Å². The standard InChI is InChI=1S/C13H26N2O/c1-3-7-13(16)14-10-12(2)11-15-8-5-4-6-9-15/h12H,3-11H2,1-2H3,(H,14,16). The lowest BCUT2D eigenvalue weighted by Crippen LogP contribution is -2.37. The molecule has 1 N–H and O–H groups in total. The number of amides is 1. The number of nitrogens with one attached hydrogen (secondary N) is 1. The van der Waals surface area contributed by atoms with Gasteiger partial charge in [-0.25, -0.2) is 0 Å². The Balaban J connectivity index is 2.09. The van der Waals surface area contributed by atoms with E-state index in [2.05, 4.69) is 17.1 Å². The Morgan fingerprint density at radius 3 is 2.62 bits per heavy atom. The second-order valence-electron chi connectivity index (χ2n) is 5.02. The van der Waals surface area contributed by atoms with E-state index < -0.39 is 0 Å². The smallest absolute Gasteiger partial charge is 0.219 e. The van der Waals surface area contributed by atoms with Crippen molar-refractivity contribution < 1.29 is 4.79 Å². The number of hydrogen-bond donors (Lipinski definition) is 1. The van der Waals surface area contributed by atoms with Gasteiger partial charge in [-0.1, -0.05) is 20.3 Å². The molecule has 1 aliphatic rings. The molecule has 0 aromatic heterocycles. The molecule has 0 aromatic rings. The molecule has 1 unspecified atom stereocenters. The molecule has 1 aliphatic heterocycles. The van der Waals surface area contributed by atoms with Crippen molar-refractivity contribution in [2.24, 2.45) is 5.92 Å². The topological polar surface area (TPSA) is 32.3 Å². The van der Waals surface area contributed by atoms with E-state index in [1.807, 2.05) is 6.92 Å². The minimum atomic E-state index is 0.202. The van der Waals surface area contributed by atoms with Crippen LogP contribution in [0.4, 0.5) is 0 Å². The van der Waals surface area contributed by atoms with Gasteiger partial charge >= 0.3 is 0 Å². The molecular formula is C13H26N2O. The molecule has 0 aliphatic carbocycles. The maximum absolute atomic E-state index is 11.3. The van der Waals surface area contributed by atoms with Crippen LogP contribution in [-0.4, -0.2) is 37.0 Å². The van der Waals surface area contributed by atoms with Crippen LogP contribution in [0.3, 0.4) is 0 Å². The predicted octanol–water partition coefficient (Wildman–Crippen LogP) is 2.02. The number of likely N-dealkylation sites (tertiary alicyclic amines) is 1. The Morgan fingerprint density at radius 2 is 2.00 bits per heavy atom. The van der Waals surface area contributed by atoms with Crippen LogP contribution in [0.5, 0.6) is 0 Å². The summed E-state index contributed by atoms with van der Waals surface area (Å²) in [5.74, 6) is 0.770. The average molecular weight is 226 g/mol. The van der Waals surface area contributed by atoms with Crippen LogP contribution >= 0.6 is 0 Å². The van der Waals surface area contributed by atoms with E-state index in [0.717, 1.165) is 19.5 Å². The van der Waals surface area contributed by atoms with Crippen LogP contribution in [0.1, 0.15) is 46.0 Å². The summed E-state index contributed by atoms with van der Waals surface area (Å²) in [5, 5.41) is 3.01. The van der Waals surface area contributed by atoms with E-state index in [0.29, 0.717) is 12.3 Å². The fraction of sp³-hybridized carbons (Fsp3) is 0.923. The number of carbonyl (C=O) groups excluding carboxylic acids is 1. The first-order valence-electron chi connectivity index (χ1n) is 6.71. The summed E-state index contributed by atoms with van der Waals surface area (Å²) in [7, 11) is 0. The van der Waals surface area contributed by atoms with Crippen molar-refractivity contribution in [1.82, 2.24) is 10.2 Å². The first-order valence-corrected chi connectivity index (χ1v) is 6.71. The van der Waals surface area contributed by atoms with Gasteiger partial charge in [-0.05, 0) is 38.3 Å². The maximum atomic E-state index is 11.3. The van der Waals surface area contributed by atoms with Crippen LogP contribution in [0.15, 0.2) is 0 Å².